The van der Waals surface area contributed by atoms with Crippen molar-refractivity contribution in [1.82, 2.24) is 24.5 Å². The number of aromatic nitrogens is 4. The Morgan fingerprint density at radius 1 is 0.900 bits per heavy atom. The fraction of sp³-hybridized carbons (Fsp3) is 0.278. The summed E-state index contributed by atoms with van der Waals surface area (Å²) < 4.78 is 67.4. The summed E-state index contributed by atoms with van der Waals surface area (Å²) >= 11 is 0. The molecule has 3 aromatic rings. The van der Waals surface area contributed by atoms with E-state index in [2.05, 4.69) is 15.5 Å². The fourth-order valence-electron chi connectivity index (χ4n) is 3.27. The largest absolute Gasteiger partial charge is 0.416 e. The molecule has 2 aromatic carbocycles. The maximum Gasteiger partial charge on any atom is 0.416 e. The van der Waals surface area contributed by atoms with Crippen molar-refractivity contribution in [3.05, 3.63) is 60.4 Å². The normalized spacial score (nSPS) is 16.0. The van der Waals surface area contributed by atoms with Gasteiger partial charge in [0.15, 0.2) is 0 Å². The van der Waals surface area contributed by atoms with Crippen LogP contribution in [0.1, 0.15) is 5.56 Å². The van der Waals surface area contributed by atoms with Gasteiger partial charge in [-0.1, -0.05) is 6.07 Å². The van der Waals surface area contributed by atoms with Gasteiger partial charge in [0.25, 0.3) is 0 Å². The van der Waals surface area contributed by atoms with Gasteiger partial charge in [-0.15, -0.1) is 5.10 Å². The van der Waals surface area contributed by atoms with Gasteiger partial charge in [-0.05, 0) is 52.9 Å². The van der Waals surface area contributed by atoms with E-state index in [1.807, 2.05) is 0 Å². The first-order chi connectivity index (χ1) is 14.2. The van der Waals surface area contributed by atoms with Gasteiger partial charge in [0.05, 0.1) is 16.1 Å². The number of alkyl halides is 3. The minimum atomic E-state index is -4.42. The highest BCUT2D eigenvalue weighted by Crippen LogP contribution is 2.32. The number of piperazine rings is 1. The SMILES string of the molecule is O=S(=O)(c1ccc(-n2cnnn2)cc1)N1CCN(c2cccc(C(F)(F)F)c2)CC1. The highest BCUT2D eigenvalue weighted by molar-refractivity contribution is 7.89. The van der Waals surface area contributed by atoms with E-state index in [0.717, 1.165) is 12.1 Å². The Kier molecular flexibility index (Phi) is 5.20. The first-order valence-corrected chi connectivity index (χ1v) is 10.4. The minimum Gasteiger partial charge on any atom is -0.369 e. The summed E-state index contributed by atoms with van der Waals surface area (Å²) in [5.41, 5.74) is 0.318. The molecule has 0 saturated carbocycles. The van der Waals surface area contributed by atoms with Crippen LogP contribution >= 0.6 is 0 Å². The van der Waals surface area contributed by atoms with Crippen molar-refractivity contribution >= 4 is 15.7 Å². The molecule has 1 aliphatic rings. The summed E-state index contributed by atoms with van der Waals surface area (Å²) in [7, 11) is -3.72. The molecule has 0 radical (unpaired) electrons. The summed E-state index contributed by atoms with van der Waals surface area (Å²) in [5, 5.41) is 10.8. The molecular weight excluding hydrogens is 421 g/mol. The molecule has 0 bridgehead atoms. The van der Waals surface area contributed by atoms with E-state index < -0.39 is 21.8 Å². The van der Waals surface area contributed by atoms with Gasteiger partial charge in [-0.25, -0.2) is 13.1 Å². The molecule has 0 atom stereocenters. The number of nitrogens with zero attached hydrogens (tertiary/aromatic N) is 6. The average Bonchev–Trinajstić information content (AvgIpc) is 3.28. The van der Waals surface area contributed by atoms with Gasteiger partial charge in [0, 0.05) is 31.9 Å². The van der Waals surface area contributed by atoms with Crippen LogP contribution < -0.4 is 4.90 Å². The summed E-state index contributed by atoms with van der Waals surface area (Å²) in [6, 6.07) is 11.2. The van der Waals surface area contributed by atoms with Crippen molar-refractivity contribution in [3.63, 3.8) is 0 Å². The van der Waals surface area contributed by atoms with Crippen LogP contribution in [-0.2, 0) is 16.2 Å². The van der Waals surface area contributed by atoms with Crippen LogP contribution in [0.25, 0.3) is 5.69 Å². The third-order valence-corrected chi connectivity index (χ3v) is 6.78. The number of benzene rings is 2. The van der Waals surface area contributed by atoms with Crippen LogP contribution in [0.2, 0.25) is 0 Å². The lowest BCUT2D eigenvalue weighted by atomic mass is 10.1. The molecule has 0 N–H and O–H groups in total. The Bertz CT molecular complexity index is 1110. The van der Waals surface area contributed by atoms with Crippen LogP contribution in [0.15, 0.2) is 59.8 Å². The molecule has 2 heterocycles. The fourth-order valence-corrected chi connectivity index (χ4v) is 4.69. The molecule has 0 aliphatic carbocycles. The van der Waals surface area contributed by atoms with Gasteiger partial charge in [0.1, 0.15) is 6.33 Å². The molecule has 4 rings (SSSR count). The average molecular weight is 438 g/mol. The highest BCUT2D eigenvalue weighted by Gasteiger charge is 2.32. The zero-order chi connectivity index (χ0) is 21.4. The zero-order valence-corrected chi connectivity index (χ0v) is 16.4. The van der Waals surface area contributed by atoms with Crippen LogP contribution in [-0.4, -0.2) is 59.1 Å². The molecule has 1 aromatic heterocycles. The van der Waals surface area contributed by atoms with Crippen LogP contribution in [0.5, 0.6) is 0 Å². The standard InChI is InChI=1S/C18H17F3N6O2S/c19-18(20,21)14-2-1-3-16(12-14)25-8-10-26(11-9-25)30(28,29)17-6-4-15(5-7-17)27-13-22-23-24-27/h1-7,12-13H,8-11H2. The lowest BCUT2D eigenvalue weighted by Gasteiger charge is -2.35. The summed E-state index contributed by atoms with van der Waals surface area (Å²) in [6.07, 6.45) is -3.02. The molecule has 1 saturated heterocycles. The number of hydrogen-bond donors (Lipinski definition) is 0. The summed E-state index contributed by atoms with van der Waals surface area (Å²) in [4.78, 5) is 1.88. The molecule has 0 unspecified atom stereocenters. The lowest BCUT2D eigenvalue weighted by Crippen LogP contribution is -2.48. The number of tetrazole rings is 1. The van der Waals surface area contributed by atoms with E-state index in [-0.39, 0.29) is 18.0 Å². The third-order valence-electron chi connectivity index (χ3n) is 4.87. The van der Waals surface area contributed by atoms with Gasteiger partial charge in [0.2, 0.25) is 10.0 Å². The predicted molar refractivity (Wildman–Crippen MR) is 102 cm³/mol. The van der Waals surface area contributed by atoms with Gasteiger partial charge < -0.3 is 4.90 Å². The molecule has 1 fully saturated rings. The van der Waals surface area contributed by atoms with Crippen LogP contribution in [0, 0.1) is 0 Å². The molecule has 158 valence electrons. The Balaban J connectivity index is 1.46. The number of sulfonamides is 1. The summed E-state index contributed by atoms with van der Waals surface area (Å²) in [5.74, 6) is 0. The topological polar surface area (TPSA) is 84.2 Å². The van der Waals surface area contributed by atoms with Crippen molar-refractivity contribution in [2.75, 3.05) is 31.1 Å². The van der Waals surface area contributed by atoms with Crippen molar-refractivity contribution in [3.8, 4) is 5.69 Å². The van der Waals surface area contributed by atoms with Crippen molar-refractivity contribution in [2.24, 2.45) is 0 Å². The second kappa shape index (κ2) is 7.69. The summed E-state index contributed by atoms with van der Waals surface area (Å²) in [6.45, 7) is 0.938. The van der Waals surface area contributed by atoms with Crippen molar-refractivity contribution in [2.45, 2.75) is 11.1 Å². The Hall–Kier alpha value is -2.99. The van der Waals surface area contributed by atoms with Gasteiger partial charge >= 0.3 is 6.18 Å². The number of halogens is 3. The molecule has 0 amide bonds. The minimum absolute atomic E-state index is 0.131. The smallest absolute Gasteiger partial charge is 0.369 e. The number of anilines is 1. The number of rotatable bonds is 4. The third kappa shape index (κ3) is 4.00. The number of hydrogen-bond acceptors (Lipinski definition) is 6. The maximum atomic E-state index is 12.9. The monoisotopic (exact) mass is 438 g/mol. The highest BCUT2D eigenvalue weighted by atomic mass is 32.2. The maximum absolute atomic E-state index is 12.9. The van der Waals surface area contributed by atoms with Crippen LogP contribution in [0.3, 0.4) is 0 Å². The van der Waals surface area contributed by atoms with Gasteiger partial charge in [-0.2, -0.15) is 17.5 Å². The molecule has 12 heteroatoms. The van der Waals surface area contributed by atoms with E-state index in [0.29, 0.717) is 24.5 Å². The van der Waals surface area contributed by atoms with E-state index in [1.165, 1.54) is 33.5 Å². The van der Waals surface area contributed by atoms with Crippen LogP contribution in [0.4, 0.5) is 18.9 Å². The Morgan fingerprint density at radius 3 is 2.20 bits per heavy atom. The Morgan fingerprint density at radius 2 is 1.60 bits per heavy atom. The molecule has 8 nitrogen and oxygen atoms in total. The second-order valence-corrected chi connectivity index (χ2v) is 8.63. The first-order valence-electron chi connectivity index (χ1n) is 9.01. The van der Waals surface area contributed by atoms with Crippen molar-refractivity contribution < 1.29 is 21.6 Å². The first kappa shape index (κ1) is 20.3. The molecular formula is C18H17F3N6O2S. The second-order valence-electron chi connectivity index (χ2n) is 6.69. The van der Waals surface area contributed by atoms with E-state index in [1.54, 1.807) is 23.1 Å². The van der Waals surface area contributed by atoms with E-state index in [9.17, 15) is 21.6 Å². The zero-order valence-electron chi connectivity index (χ0n) is 15.6. The van der Waals surface area contributed by atoms with E-state index >= 15 is 0 Å². The van der Waals surface area contributed by atoms with E-state index in [4.69, 9.17) is 0 Å². The molecule has 0 spiro atoms. The lowest BCUT2D eigenvalue weighted by molar-refractivity contribution is -0.137. The molecule has 30 heavy (non-hydrogen) atoms. The predicted octanol–water partition coefficient (Wildman–Crippen LogP) is 2.19. The Labute approximate surface area is 170 Å². The van der Waals surface area contributed by atoms with Crippen molar-refractivity contribution in [1.29, 1.82) is 0 Å². The molecule has 1 aliphatic heterocycles. The van der Waals surface area contributed by atoms with Gasteiger partial charge in [-0.3, -0.25) is 0 Å². The quantitative estimate of drug-likeness (QED) is 0.621.